The molecule has 0 aliphatic heterocycles. The number of rotatable bonds is 8. The minimum Gasteiger partial charge on any atom is -0.478 e. The van der Waals surface area contributed by atoms with Crippen LogP contribution in [0.3, 0.4) is 0 Å². The smallest absolute Gasteiger partial charge is 0.335 e. The van der Waals surface area contributed by atoms with Crippen molar-refractivity contribution in [3.8, 4) is 0 Å². The van der Waals surface area contributed by atoms with E-state index in [1.54, 1.807) is 5.38 Å². The molecule has 132 valence electrons. The van der Waals surface area contributed by atoms with Gasteiger partial charge in [0.25, 0.3) is 0 Å². The van der Waals surface area contributed by atoms with E-state index in [4.69, 9.17) is 15.9 Å². The lowest BCUT2D eigenvalue weighted by Gasteiger charge is -2.07. The quantitative estimate of drug-likeness (QED) is 0.558. The molecule has 1 aromatic heterocycles. The van der Waals surface area contributed by atoms with Gasteiger partial charge in [-0.2, -0.15) is 0 Å². The molecule has 1 heterocycles. The molecule has 8 nitrogen and oxygen atoms in total. The van der Waals surface area contributed by atoms with Gasteiger partial charge in [0, 0.05) is 17.5 Å². The van der Waals surface area contributed by atoms with Crippen molar-refractivity contribution in [2.75, 3.05) is 11.9 Å². The summed E-state index contributed by atoms with van der Waals surface area (Å²) in [5.41, 5.74) is 5.73. The van der Waals surface area contributed by atoms with E-state index in [9.17, 15) is 14.4 Å². The summed E-state index contributed by atoms with van der Waals surface area (Å²) < 4.78 is 0. The van der Waals surface area contributed by atoms with Crippen molar-refractivity contribution in [1.29, 1.82) is 0 Å². The van der Waals surface area contributed by atoms with Crippen molar-refractivity contribution in [2.45, 2.75) is 19.3 Å². The zero-order valence-corrected chi connectivity index (χ0v) is 14.0. The number of nitrogens with zero attached hydrogens (tertiary/aromatic N) is 1. The highest BCUT2D eigenvalue weighted by Crippen LogP contribution is 2.17. The molecule has 0 fully saturated rings. The van der Waals surface area contributed by atoms with Crippen molar-refractivity contribution < 1.29 is 24.6 Å². The van der Waals surface area contributed by atoms with E-state index in [-0.39, 0.29) is 23.2 Å². The predicted octanol–water partition coefficient (Wildman–Crippen LogP) is 1.61. The van der Waals surface area contributed by atoms with E-state index in [2.05, 4.69) is 10.3 Å². The standard InChI is InChI=1S/C16H17N3O5S/c17-3-1-2-14-19-12(8-25-14)7-13(20)18-11-5-9(15(21)22)4-10(6-11)16(23)24/h4-6,8H,1-3,7,17H2,(H,18,20)(H,21,22)(H,23,24). The van der Waals surface area contributed by atoms with E-state index in [0.717, 1.165) is 23.9 Å². The number of carboxylic acids is 2. The SMILES string of the molecule is NCCCc1nc(CC(=O)Nc2cc(C(=O)O)cc(C(=O)O)c2)cs1. The molecule has 0 atom stereocenters. The van der Waals surface area contributed by atoms with Gasteiger partial charge in [0.05, 0.1) is 28.2 Å². The van der Waals surface area contributed by atoms with E-state index in [1.807, 2.05) is 0 Å². The number of thiazole rings is 1. The number of carbonyl (C=O) groups is 3. The van der Waals surface area contributed by atoms with Gasteiger partial charge < -0.3 is 21.3 Å². The summed E-state index contributed by atoms with van der Waals surface area (Å²) in [7, 11) is 0. The Morgan fingerprint density at radius 2 is 1.76 bits per heavy atom. The second-order valence-electron chi connectivity index (χ2n) is 5.26. The summed E-state index contributed by atoms with van der Waals surface area (Å²) in [6, 6.07) is 3.45. The number of carboxylic acid groups (broad SMARTS) is 2. The van der Waals surface area contributed by atoms with Crippen molar-refractivity contribution >= 4 is 34.9 Å². The number of aromatic nitrogens is 1. The maximum atomic E-state index is 12.1. The largest absolute Gasteiger partial charge is 0.478 e. The van der Waals surface area contributed by atoms with Crippen LogP contribution < -0.4 is 11.1 Å². The van der Waals surface area contributed by atoms with Crippen LogP contribution in [-0.2, 0) is 17.6 Å². The van der Waals surface area contributed by atoms with Gasteiger partial charge >= 0.3 is 11.9 Å². The molecule has 25 heavy (non-hydrogen) atoms. The first-order chi connectivity index (χ1) is 11.9. The number of aryl methyl sites for hydroxylation is 1. The van der Waals surface area contributed by atoms with Crippen LogP contribution in [0.4, 0.5) is 5.69 Å². The van der Waals surface area contributed by atoms with Gasteiger partial charge in [-0.25, -0.2) is 14.6 Å². The Labute approximate surface area is 147 Å². The maximum absolute atomic E-state index is 12.1. The molecule has 0 aliphatic carbocycles. The number of benzene rings is 1. The Balaban J connectivity index is 2.08. The molecule has 9 heteroatoms. The number of anilines is 1. The van der Waals surface area contributed by atoms with Crippen LogP contribution in [0, 0.1) is 0 Å². The van der Waals surface area contributed by atoms with Crippen LogP contribution in [0.15, 0.2) is 23.6 Å². The van der Waals surface area contributed by atoms with Crippen LogP contribution in [0.25, 0.3) is 0 Å². The number of aromatic carboxylic acids is 2. The fourth-order valence-electron chi connectivity index (χ4n) is 2.11. The number of hydrogen-bond acceptors (Lipinski definition) is 6. The van der Waals surface area contributed by atoms with E-state index in [1.165, 1.54) is 23.5 Å². The summed E-state index contributed by atoms with van der Waals surface area (Å²) in [6.45, 7) is 0.571. The molecule has 0 unspecified atom stereocenters. The molecule has 1 aromatic carbocycles. The second kappa shape index (κ2) is 8.36. The van der Waals surface area contributed by atoms with Crippen molar-refractivity contribution in [2.24, 2.45) is 5.73 Å². The third kappa shape index (κ3) is 5.37. The highest BCUT2D eigenvalue weighted by Gasteiger charge is 2.14. The highest BCUT2D eigenvalue weighted by atomic mass is 32.1. The summed E-state index contributed by atoms with van der Waals surface area (Å²) in [5.74, 6) is -2.96. The summed E-state index contributed by atoms with van der Waals surface area (Å²) >= 11 is 1.45. The monoisotopic (exact) mass is 363 g/mol. The molecule has 0 spiro atoms. The van der Waals surface area contributed by atoms with Crippen molar-refractivity contribution in [3.63, 3.8) is 0 Å². The first kappa shape index (κ1) is 18.6. The number of nitrogens with two attached hydrogens (primary N) is 1. The molecular weight excluding hydrogens is 346 g/mol. The molecule has 0 bridgehead atoms. The topological polar surface area (TPSA) is 143 Å². The zero-order valence-electron chi connectivity index (χ0n) is 13.2. The van der Waals surface area contributed by atoms with Gasteiger partial charge in [-0.05, 0) is 31.2 Å². The minimum atomic E-state index is -1.28. The lowest BCUT2D eigenvalue weighted by atomic mass is 10.1. The average Bonchev–Trinajstić information content (AvgIpc) is 2.99. The van der Waals surface area contributed by atoms with Gasteiger partial charge in [0.2, 0.25) is 5.91 Å². The predicted molar refractivity (Wildman–Crippen MR) is 92.2 cm³/mol. The van der Waals surface area contributed by atoms with Crippen LogP contribution in [0.5, 0.6) is 0 Å². The molecule has 2 rings (SSSR count). The lowest BCUT2D eigenvalue weighted by molar-refractivity contribution is -0.115. The highest BCUT2D eigenvalue weighted by molar-refractivity contribution is 7.09. The van der Waals surface area contributed by atoms with Gasteiger partial charge in [0.15, 0.2) is 0 Å². The lowest BCUT2D eigenvalue weighted by Crippen LogP contribution is -2.16. The third-order valence-electron chi connectivity index (χ3n) is 3.25. The van der Waals surface area contributed by atoms with E-state index in [0.29, 0.717) is 12.2 Å². The number of carbonyl (C=O) groups excluding carboxylic acids is 1. The first-order valence-electron chi connectivity index (χ1n) is 7.44. The Bertz CT molecular complexity index is 771. The molecule has 0 aliphatic rings. The molecule has 5 N–H and O–H groups in total. The Kier molecular flexibility index (Phi) is 6.20. The average molecular weight is 363 g/mol. The maximum Gasteiger partial charge on any atom is 0.335 e. The number of nitrogens with one attached hydrogen (secondary N) is 1. The fraction of sp³-hybridized carbons (Fsp3) is 0.250. The van der Waals surface area contributed by atoms with Crippen molar-refractivity contribution in [3.05, 3.63) is 45.4 Å². The first-order valence-corrected chi connectivity index (χ1v) is 8.32. The Morgan fingerprint density at radius 1 is 1.12 bits per heavy atom. The second-order valence-corrected chi connectivity index (χ2v) is 6.20. The minimum absolute atomic E-state index is 0.0127. The van der Waals surface area contributed by atoms with Crippen LogP contribution in [0.2, 0.25) is 0 Å². The third-order valence-corrected chi connectivity index (χ3v) is 4.20. The molecule has 2 aromatic rings. The Hall–Kier alpha value is -2.78. The molecule has 0 radical (unpaired) electrons. The summed E-state index contributed by atoms with van der Waals surface area (Å²) in [5, 5.41) is 23.3. The molecular formula is C16H17N3O5S. The summed E-state index contributed by atoms with van der Waals surface area (Å²) in [4.78, 5) is 38.6. The zero-order chi connectivity index (χ0) is 18.4. The summed E-state index contributed by atoms with van der Waals surface area (Å²) in [6.07, 6.45) is 1.59. The number of amides is 1. The van der Waals surface area contributed by atoms with Gasteiger partial charge in [-0.1, -0.05) is 0 Å². The number of hydrogen-bond donors (Lipinski definition) is 4. The van der Waals surface area contributed by atoms with Gasteiger partial charge in [-0.15, -0.1) is 11.3 Å². The van der Waals surface area contributed by atoms with Crippen LogP contribution >= 0.6 is 11.3 Å². The van der Waals surface area contributed by atoms with Gasteiger partial charge in [-0.3, -0.25) is 4.79 Å². The van der Waals surface area contributed by atoms with Crippen LogP contribution in [0.1, 0.15) is 37.8 Å². The van der Waals surface area contributed by atoms with E-state index >= 15 is 0 Å². The normalized spacial score (nSPS) is 10.4. The fourth-order valence-corrected chi connectivity index (χ4v) is 2.95. The Morgan fingerprint density at radius 3 is 2.32 bits per heavy atom. The van der Waals surface area contributed by atoms with Crippen molar-refractivity contribution in [1.82, 2.24) is 4.98 Å². The molecule has 1 amide bonds. The molecule has 0 saturated carbocycles. The van der Waals surface area contributed by atoms with Crippen LogP contribution in [-0.4, -0.2) is 39.6 Å². The van der Waals surface area contributed by atoms with E-state index < -0.39 is 17.8 Å². The molecule has 0 saturated heterocycles. The van der Waals surface area contributed by atoms with Gasteiger partial charge in [0.1, 0.15) is 0 Å².